The Morgan fingerprint density at radius 2 is 1.95 bits per heavy atom. The number of nitrogens with one attached hydrogen (secondary N) is 1. The molecule has 0 unspecified atom stereocenters. The van der Waals surface area contributed by atoms with Gasteiger partial charge < -0.3 is 5.32 Å². The predicted molar refractivity (Wildman–Crippen MR) is 80.4 cm³/mol. The van der Waals surface area contributed by atoms with E-state index in [9.17, 15) is 4.21 Å². The van der Waals surface area contributed by atoms with Crippen LogP contribution in [-0.4, -0.2) is 31.7 Å². The molecule has 19 heavy (non-hydrogen) atoms. The minimum Gasteiger partial charge on any atom is -0.367 e. The summed E-state index contributed by atoms with van der Waals surface area (Å²) in [5.74, 6) is 3.37. The molecule has 1 aromatic heterocycles. The summed E-state index contributed by atoms with van der Waals surface area (Å²) < 4.78 is 11.4. The van der Waals surface area contributed by atoms with E-state index in [0.29, 0.717) is 11.2 Å². The van der Waals surface area contributed by atoms with Gasteiger partial charge >= 0.3 is 0 Å². The molecule has 1 fully saturated rings. The van der Waals surface area contributed by atoms with E-state index in [2.05, 4.69) is 29.1 Å². The lowest BCUT2D eigenvalue weighted by molar-refractivity contribution is 0.621. The fraction of sp³-hybridized carbons (Fsp3) is 0.692. The highest BCUT2D eigenvalue weighted by Crippen LogP contribution is 2.25. The fourth-order valence-electron chi connectivity index (χ4n) is 2.04. The fourth-order valence-corrected chi connectivity index (χ4v) is 3.51. The lowest BCUT2D eigenvalue weighted by Gasteiger charge is -2.24. The SMILES string of the molecule is Cc1c(Cl)nc(C(C)C)nc1NC1CCS(=O)CC1. The van der Waals surface area contributed by atoms with E-state index in [1.165, 1.54) is 0 Å². The van der Waals surface area contributed by atoms with Gasteiger partial charge in [-0.1, -0.05) is 25.4 Å². The van der Waals surface area contributed by atoms with Gasteiger partial charge in [0.2, 0.25) is 0 Å². The first-order valence-corrected chi connectivity index (χ1v) is 8.49. The van der Waals surface area contributed by atoms with E-state index in [1.807, 2.05) is 6.92 Å². The Morgan fingerprint density at radius 3 is 2.53 bits per heavy atom. The van der Waals surface area contributed by atoms with Crippen molar-refractivity contribution < 1.29 is 4.21 Å². The number of hydrogen-bond donors (Lipinski definition) is 1. The molecule has 2 rings (SSSR count). The molecular weight excluding hydrogens is 282 g/mol. The molecule has 4 nitrogen and oxygen atoms in total. The Bertz CT molecular complexity index is 483. The van der Waals surface area contributed by atoms with Crippen LogP contribution in [0.25, 0.3) is 0 Å². The molecule has 0 bridgehead atoms. The zero-order valence-electron chi connectivity index (χ0n) is 11.6. The normalized spacial score (nSPS) is 23.6. The molecule has 1 aliphatic rings. The molecule has 0 spiro atoms. The molecule has 1 saturated heterocycles. The Morgan fingerprint density at radius 1 is 1.32 bits per heavy atom. The summed E-state index contributed by atoms with van der Waals surface area (Å²) in [6.45, 7) is 6.03. The minimum absolute atomic E-state index is 0.248. The van der Waals surface area contributed by atoms with Crippen molar-refractivity contribution in [2.24, 2.45) is 0 Å². The van der Waals surface area contributed by atoms with Gasteiger partial charge in [0.1, 0.15) is 16.8 Å². The number of halogens is 1. The first-order chi connectivity index (χ1) is 8.97. The van der Waals surface area contributed by atoms with Crippen molar-refractivity contribution in [1.82, 2.24) is 9.97 Å². The van der Waals surface area contributed by atoms with E-state index in [-0.39, 0.29) is 5.92 Å². The van der Waals surface area contributed by atoms with Crippen LogP contribution in [0.15, 0.2) is 0 Å². The highest BCUT2D eigenvalue weighted by Gasteiger charge is 2.20. The lowest BCUT2D eigenvalue weighted by Crippen LogP contribution is -2.30. The summed E-state index contributed by atoms with van der Waals surface area (Å²) in [6, 6.07) is 0.336. The Balaban J connectivity index is 2.17. The molecule has 0 aliphatic carbocycles. The summed E-state index contributed by atoms with van der Waals surface area (Å²) >= 11 is 6.16. The third kappa shape index (κ3) is 3.66. The van der Waals surface area contributed by atoms with E-state index in [0.717, 1.165) is 41.6 Å². The summed E-state index contributed by atoms with van der Waals surface area (Å²) in [7, 11) is -0.639. The van der Waals surface area contributed by atoms with Crippen molar-refractivity contribution in [2.45, 2.75) is 45.6 Å². The number of aromatic nitrogens is 2. The van der Waals surface area contributed by atoms with Gasteiger partial charge in [0.25, 0.3) is 0 Å². The molecule has 2 heterocycles. The van der Waals surface area contributed by atoms with Gasteiger partial charge in [0, 0.05) is 39.8 Å². The van der Waals surface area contributed by atoms with Gasteiger partial charge in [-0.15, -0.1) is 0 Å². The second kappa shape index (κ2) is 6.18. The predicted octanol–water partition coefficient (Wildman–Crippen LogP) is 2.88. The Hall–Kier alpha value is -0.680. The minimum atomic E-state index is -0.639. The molecule has 1 aromatic rings. The molecular formula is C13H20ClN3OS. The molecule has 0 saturated carbocycles. The topological polar surface area (TPSA) is 54.9 Å². The monoisotopic (exact) mass is 301 g/mol. The first kappa shape index (κ1) is 14.7. The highest BCUT2D eigenvalue weighted by atomic mass is 35.5. The molecule has 1 N–H and O–H groups in total. The van der Waals surface area contributed by atoms with E-state index in [4.69, 9.17) is 11.6 Å². The van der Waals surface area contributed by atoms with Crippen molar-refractivity contribution in [3.63, 3.8) is 0 Å². The smallest absolute Gasteiger partial charge is 0.137 e. The maximum atomic E-state index is 11.4. The second-order valence-corrected chi connectivity index (χ2v) is 7.32. The number of hydrogen-bond acceptors (Lipinski definition) is 4. The molecule has 106 valence electrons. The lowest BCUT2D eigenvalue weighted by atomic mass is 10.1. The Labute approximate surface area is 121 Å². The van der Waals surface area contributed by atoms with Gasteiger partial charge in [-0.3, -0.25) is 4.21 Å². The summed E-state index contributed by atoms with van der Waals surface area (Å²) in [4.78, 5) is 8.87. The molecule has 1 aliphatic heterocycles. The molecule has 6 heteroatoms. The largest absolute Gasteiger partial charge is 0.367 e. The second-order valence-electron chi connectivity index (χ2n) is 5.27. The van der Waals surface area contributed by atoms with Crippen molar-refractivity contribution in [1.29, 1.82) is 0 Å². The number of nitrogens with zero attached hydrogens (tertiary/aromatic N) is 2. The van der Waals surface area contributed by atoms with Crippen LogP contribution in [0.5, 0.6) is 0 Å². The molecule has 0 radical (unpaired) electrons. The van der Waals surface area contributed by atoms with Gasteiger partial charge in [0.15, 0.2) is 0 Å². The van der Waals surface area contributed by atoms with Crippen LogP contribution >= 0.6 is 11.6 Å². The van der Waals surface area contributed by atoms with E-state index in [1.54, 1.807) is 0 Å². The van der Waals surface area contributed by atoms with Crippen LogP contribution < -0.4 is 5.32 Å². The first-order valence-electron chi connectivity index (χ1n) is 6.63. The van der Waals surface area contributed by atoms with Gasteiger partial charge in [-0.25, -0.2) is 9.97 Å². The van der Waals surface area contributed by atoms with Crippen LogP contribution in [-0.2, 0) is 10.8 Å². The van der Waals surface area contributed by atoms with Crippen LogP contribution in [0.4, 0.5) is 5.82 Å². The number of anilines is 1. The van der Waals surface area contributed by atoms with Gasteiger partial charge in [-0.05, 0) is 19.8 Å². The zero-order chi connectivity index (χ0) is 14.0. The van der Waals surface area contributed by atoms with Crippen LogP contribution in [0, 0.1) is 6.92 Å². The van der Waals surface area contributed by atoms with Gasteiger partial charge in [-0.2, -0.15) is 0 Å². The van der Waals surface area contributed by atoms with Crippen LogP contribution in [0.3, 0.4) is 0 Å². The molecule has 0 atom stereocenters. The standard InChI is InChI=1S/C13H20ClN3OS/c1-8(2)12-16-11(14)9(3)13(17-12)15-10-4-6-19(18)7-5-10/h8,10H,4-7H2,1-3H3,(H,15,16,17). The summed E-state index contributed by atoms with van der Waals surface area (Å²) in [5, 5.41) is 3.95. The number of rotatable bonds is 3. The zero-order valence-corrected chi connectivity index (χ0v) is 13.1. The third-order valence-corrected chi connectivity index (χ3v) is 5.10. The molecule has 0 amide bonds. The van der Waals surface area contributed by atoms with Crippen LogP contribution in [0.1, 0.15) is 44.0 Å². The quantitative estimate of drug-likeness (QED) is 0.872. The van der Waals surface area contributed by atoms with Crippen LogP contribution in [0.2, 0.25) is 5.15 Å². The summed E-state index contributed by atoms with van der Waals surface area (Å²) in [5.41, 5.74) is 0.887. The van der Waals surface area contributed by atoms with Crippen molar-refractivity contribution in [2.75, 3.05) is 16.8 Å². The maximum absolute atomic E-state index is 11.4. The van der Waals surface area contributed by atoms with Crippen molar-refractivity contribution in [3.05, 3.63) is 16.5 Å². The maximum Gasteiger partial charge on any atom is 0.137 e. The van der Waals surface area contributed by atoms with Crippen molar-refractivity contribution in [3.8, 4) is 0 Å². The molecule has 0 aromatic carbocycles. The third-order valence-electron chi connectivity index (χ3n) is 3.35. The average molecular weight is 302 g/mol. The average Bonchev–Trinajstić information content (AvgIpc) is 2.37. The Kier molecular flexibility index (Phi) is 4.79. The summed E-state index contributed by atoms with van der Waals surface area (Å²) in [6.07, 6.45) is 1.84. The van der Waals surface area contributed by atoms with E-state index < -0.39 is 10.8 Å². The van der Waals surface area contributed by atoms with Gasteiger partial charge in [0.05, 0.1) is 0 Å². The van der Waals surface area contributed by atoms with Crippen molar-refractivity contribution >= 4 is 28.2 Å². The van der Waals surface area contributed by atoms with E-state index >= 15 is 0 Å². The highest BCUT2D eigenvalue weighted by molar-refractivity contribution is 7.85.